The van der Waals surface area contributed by atoms with Crippen molar-refractivity contribution in [3.05, 3.63) is 50.9 Å². The highest BCUT2D eigenvalue weighted by atomic mass is 79.9. The van der Waals surface area contributed by atoms with Crippen LogP contribution in [0, 0.1) is 0 Å². The lowest BCUT2D eigenvalue weighted by Crippen LogP contribution is -1.78. The first kappa shape index (κ1) is 12.4. The predicted molar refractivity (Wildman–Crippen MR) is 82.8 cm³/mol. The Balaban J connectivity index is 2.19. The molecule has 0 aliphatic carbocycles. The molecule has 0 saturated carbocycles. The lowest BCUT2D eigenvalue weighted by molar-refractivity contribution is 1.47. The van der Waals surface area contributed by atoms with Crippen LogP contribution in [0.3, 0.4) is 0 Å². The third kappa shape index (κ3) is 2.28. The molecule has 2 aromatic carbocycles. The molecule has 18 heavy (non-hydrogen) atoms. The molecular weight excluding hydrogens is 353 g/mol. The van der Waals surface area contributed by atoms with Crippen LogP contribution in [0.2, 0.25) is 10.0 Å². The third-order valence-electron chi connectivity index (χ3n) is 2.51. The van der Waals surface area contributed by atoms with Gasteiger partial charge in [0.05, 0.1) is 15.2 Å². The summed E-state index contributed by atoms with van der Waals surface area (Å²) in [5.74, 6) is 0. The predicted octanol–water partition coefficient (Wildman–Crippen LogP) is 6.03. The van der Waals surface area contributed by atoms with Crippen LogP contribution in [-0.2, 0) is 0 Å². The van der Waals surface area contributed by atoms with E-state index in [1.165, 1.54) is 0 Å². The van der Waals surface area contributed by atoms with Crippen LogP contribution in [0.1, 0.15) is 0 Å². The Labute approximate surface area is 127 Å². The Morgan fingerprint density at radius 2 is 1.89 bits per heavy atom. The van der Waals surface area contributed by atoms with Gasteiger partial charge in [0.15, 0.2) is 0 Å². The summed E-state index contributed by atoms with van der Waals surface area (Å²) in [6, 6.07) is 11.5. The van der Waals surface area contributed by atoms with Crippen molar-refractivity contribution in [2.24, 2.45) is 0 Å². The summed E-state index contributed by atoms with van der Waals surface area (Å²) in [5, 5.41) is 2.29. The number of aromatic nitrogens is 1. The molecule has 0 radical (unpaired) electrons. The molecule has 0 aliphatic heterocycles. The Bertz CT molecular complexity index is 739. The number of halogens is 3. The normalized spacial score (nSPS) is 11.1. The lowest BCUT2D eigenvalue weighted by atomic mass is 10.2. The Kier molecular flexibility index (Phi) is 3.32. The zero-order valence-electron chi connectivity index (χ0n) is 8.95. The number of thiazole rings is 1. The summed E-state index contributed by atoms with van der Waals surface area (Å²) in [4.78, 5) is 4.57. The number of fused-ring (bicyclic) bond motifs is 1. The highest BCUT2D eigenvalue weighted by Crippen LogP contribution is 2.36. The highest BCUT2D eigenvalue weighted by molar-refractivity contribution is 9.10. The van der Waals surface area contributed by atoms with Crippen LogP contribution in [0.15, 0.2) is 40.9 Å². The maximum absolute atomic E-state index is 6.23. The Morgan fingerprint density at radius 1 is 1.06 bits per heavy atom. The van der Waals surface area contributed by atoms with Gasteiger partial charge in [0.2, 0.25) is 0 Å². The van der Waals surface area contributed by atoms with Gasteiger partial charge in [-0.2, -0.15) is 0 Å². The monoisotopic (exact) mass is 357 g/mol. The van der Waals surface area contributed by atoms with Gasteiger partial charge < -0.3 is 0 Å². The first-order chi connectivity index (χ1) is 8.63. The fourth-order valence-electron chi connectivity index (χ4n) is 1.68. The van der Waals surface area contributed by atoms with Crippen molar-refractivity contribution in [2.75, 3.05) is 0 Å². The number of benzene rings is 2. The second kappa shape index (κ2) is 4.82. The maximum Gasteiger partial charge on any atom is 0.126 e. The van der Waals surface area contributed by atoms with Crippen molar-refractivity contribution >= 4 is 60.7 Å². The molecule has 0 saturated heterocycles. The van der Waals surface area contributed by atoms with Crippen molar-refractivity contribution in [1.29, 1.82) is 0 Å². The number of hydrogen-bond acceptors (Lipinski definition) is 2. The van der Waals surface area contributed by atoms with Gasteiger partial charge in [-0.05, 0) is 36.4 Å². The highest BCUT2D eigenvalue weighted by Gasteiger charge is 2.10. The number of nitrogens with zero attached hydrogens (tertiary/aromatic N) is 1. The SMILES string of the molecule is Clc1ccc2sc(-c3ccc(Br)cc3Cl)nc2c1. The third-order valence-corrected chi connectivity index (χ3v) is 4.62. The molecule has 0 atom stereocenters. The van der Waals surface area contributed by atoms with Crippen LogP contribution in [-0.4, -0.2) is 4.98 Å². The first-order valence-corrected chi connectivity index (χ1v) is 7.51. The zero-order chi connectivity index (χ0) is 12.7. The molecule has 0 aliphatic rings. The zero-order valence-corrected chi connectivity index (χ0v) is 12.9. The average Bonchev–Trinajstić information content (AvgIpc) is 2.71. The molecule has 0 bridgehead atoms. The van der Waals surface area contributed by atoms with Gasteiger partial charge in [0.1, 0.15) is 5.01 Å². The van der Waals surface area contributed by atoms with Gasteiger partial charge in [-0.15, -0.1) is 11.3 Å². The summed E-state index contributed by atoms with van der Waals surface area (Å²) in [7, 11) is 0. The molecule has 90 valence electrons. The van der Waals surface area contributed by atoms with Gasteiger partial charge in [0, 0.05) is 15.1 Å². The van der Waals surface area contributed by atoms with E-state index in [4.69, 9.17) is 23.2 Å². The fourth-order valence-corrected chi connectivity index (χ4v) is 3.65. The van der Waals surface area contributed by atoms with E-state index < -0.39 is 0 Å². The molecule has 1 nitrogen and oxygen atoms in total. The molecular formula is C13H6BrCl2NS. The van der Waals surface area contributed by atoms with Crippen molar-refractivity contribution < 1.29 is 0 Å². The van der Waals surface area contributed by atoms with Crippen LogP contribution in [0.4, 0.5) is 0 Å². The second-order valence-corrected chi connectivity index (χ2v) is 6.55. The quantitative estimate of drug-likeness (QED) is 0.517. The molecule has 1 heterocycles. The van der Waals surface area contributed by atoms with Gasteiger partial charge in [-0.25, -0.2) is 4.98 Å². The minimum absolute atomic E-state index is 0.689. The standard InChI is InChI=1S/C13H6BrCl2NS/c14-7-1-3-9(10(16)5-7)13-17-11-6-8(15)2-4-12(11)18-13/h1-6H. The largest absolute Gasteiger partial charge is 0.236 e. The van der Waals surface area contributed by atoms with Crippen molar-refractivity contribution in [3.8, 4) is 10.6 Å². The molecule has 5 heteroatoms. The summed E-state index contributed by atoms with van der Waals surface area (Å²) in [5.41, 5.74) is 1.85. The van der Waals surface area contributed by atoms with Gasteiger partial charge in [-0.1, -0.05) is 39.1 Å². The Morgan fingerprint density at radius 3 is 2.67 bits per heavy atom. The molecule has 0 fully saturated rings. The average molecular weight is 359 g/mol. The van der Waals surface area contributed by atoms with E-state index in [0.29, 0.717) is 10.0 Å². The Hall–Kier alpha value is -0.610. The fraction of sp³-hybridized carbons (Fsp3) is 0. The van der Waals surface area contributed by atoms with Crippen LogP contribution >= 0.6 is 50.5 Å². The van der Waals surface area contributed by atoms with E-state index in [9.17, 15) is 0 Å². The van der Waals surface area contributed by atoms with Crippen molar-refractivity contribution in [1.82, 2.24) is 4.98 Å². The number of rotatable bonds is 1. The first-order valence-electron chi connectivity index (χ1n) is 5.15. The molecule has 0 unspecified atom stereocenters. The van der Waals surface area contributed by atoms with E-state index >= 15 is 0 Å². The van der Waals surface area contributed by atoms with E-state index in [0.717, 1.165) is 25.3 Å². The number of hydrogen-bond donors (Lipinski definition) is 0. The van der Waals surface area contributed by atoms with Crippen molar-refractivity contribution in [2.45, 2.75) is 0 Å². The molecule has 0 amide bonds. The molecule has 3 aromatic rings. The lowest BCUT2D eigenvalue weighted by Gasteiger charge is -1.99. The van der Waals surface area contributed by atoms with Gasteiger partial charge in [-0.3, -0.25) is 0 Å². The minimum atomic E-state index is 0.689. The van der Waals surface area contributed by atoms with E-state index in [-0.39, 0.29) is 0 Å². The van der Waals surface area contributed by atoms with E-state index in [1.54, 1.807) is 11.3 Å². The van der Waals surface area contributed by atoms with Crippen LogP contribution < -0.4 is 0 Å². The summed E-state index contributed by atoms with van der Waals surface area (Å²) < 4.78 is 2.06. The maximum atomic E-state index is 6.23. The van der Waals surface area contributed by atoms with Gasteiger partial charge in [0.25, 0.3) is 0 Å². The topological polar surface area (TPSA) is 12.9 Å². The molecule has 3 rings (SSSR count). The molecule has 0 N–H and O–H groups in total. The summed E-state index contributed by atoms with van der Waals surface area (Å²) in [6.45, 7) is 0. The smallest absolute Gasteiger partial charge is 0.126 e. The van der Waals surface area contributed by atoms with Crippen molar-refractivity contribution in [3.63, 3.8) is 0 Å². The second-order valence-electron chi connectivity index (χ2n) is 3.76. The van der Waals surface area contributed by atoms with E-state index in [2.05, 4.69) is 20.9 Å². The van der Waals surface area contributed by atoms with E-state index in [1.807, 2.05) is 36.4 Å². The molecule has 1 aromatic heterocycles. The summed E-state index contributed by atoms with van der Waals surface area (Å²) >= 11 is 17.2. The molecule has 0 spiro atoms. The van der Waals surface area contributed by atoms with Gasteiger partial charge >= 0.3 is 0 Å². The van der Waals surface area contributed by atoms with Crippen LogP contribution in [0.25, 0.3) is 20.8 Å². The summed E-state index contributed by atoms with van der Waals surface area (Å²) in [6.07, 6.45) is 0. The minimum Gasteiger partial charge on any atom is -0.236 e. The van der Waals surface area contributed by atoms with Crippen LogP contribution in [0.5, 0.6) is 0 Å².